The summed E-state index contributed by atoms with van der Waals surface area (Å²) < 4.78 is 5.24. The Hall–Kier alpha value is -1.22. The van der Waals surface area contributed by atoms with E-state index in [1.807, 2.05) is 12.1 Å². The predicted molar refractivity (Wildman–Crippen MR) is 73.3 cm³/mol. The Morgan fingerprint density at radius 3 is 2.29 bits per heavy atom. The van der Waals surface area contributed by atoms with Gasteiger partial charge in [-0.05, 0) is 43.6 Å². The van der Waals surface area contributed by atoms with E-state index in [0.717, 1.165) is 31.1 Å². The van der Waals surface area contributed by atoms with Gasteiger partial charge in [0.25, 0.3) is 0 Å². The molecule has 0 fully saturated rings. The zero-order chi connectivity index (χ0) is 12.7. The molecule has 0 bridgehead atoms. The molecule has 2 N–H and O–H groups in total. The maximum absolute atomic E-state index is 5.86. The molecule has 3 heteroatoms. The first kappa shape index (κ1) is 13.8. The van der Waals surface area contributed by atoms with Crippen molar-refractivity contribution in [2.75, 3.05) is 25.9 Å². The quantitative estimate of drug-likeness (QED) is 0.740. The summed E-state index contributed by atoms with van der Waals surface area (Å²) in [6.07, 6.45) is 2.36. The molecule has 0 aliphatic rings. The first-order valence-corrected chi connectivity index (χ1v) is 6.35. The number of nitrogens with two attached hydrogens (primary N) is 1. The summed E-state index contributed by atoms with van der Waals surface area (Å²) in [5.41, 5.74) is 7.86. The SMILES string of the molecule is CCCN(CCC)Cc1cc(N)cc(OC)c1. The molecule has 0 heterocycles. The van der Waals surface area contributed by atoms with Gasteiger partial charge in [0, 0.05) is 18.3 Å². The molecular weight excluding hydrogens is 212 g/mol. The Morgan fingerprint density at radius 2 is 1.76 bits per heavy atom. The summed E-state index contributed by atoms with van der Waals surface area (Å²) in [6.45, 7) is 7.63. The molecule has 0 amide bonds. The maximum atomic E-state index is 5.86. The Bertz CT molecular complexity index is 333. The molecule has 0 aromatic heterocycles. The predicted octanol–water partition coefficient (Wildman–Crippen LogP) is 2.90. The molecule has 0 aliphatic heterocycles. The number of methoxy groups -OCH3 is 1. The van der Waals surface area contributed by atoms with Gasteiger partial charge in [-0.3, -0.25) is 4.90 Å². The maximum Gasteiger partial charge on any atom is 0.121 e. The van der Waals surface area contributed by atoms with Gasteiger partial charge < -0.3 is 10.5 Å². The highest BCUT2D eigenvalue weighted by Crippen LogP contribution is 2.19. The Labute approximate surface area is 105 Å². The van der Waals surface area contributed by atoms with Gasteiger partial charge in [-0.1, -0.05) is 13.8 Å². The van der Waals surface area contributed by atoms with Crippen LogP contribution in [0.1, 0.15) is 32.3 Å². The second-order valence-electron chi connectivity index (χ2n) is 4.39. The highest BCUT2D eigenvalue weighted by Gasteiger charge is 2.06. The first-order chi connectivity index (χ1) is 8.19. The van der Waals surface area contributed by atoms with Crippen LogP contribution in [-0.4, -0.2) is 25.1 Å². The summed E-state index contributed by atoms with van der Waals surface area (Å²) in [4.78, 5) is 2.45. The fourth-order valence-corrected chi connectivity index (χ4v) is 2.06. The van der Waals surface area contributed by atoms with Crippen LogP contribution < -0.4 is 10.5 Å². The topological polar surface area (TPSA) is 38.5 Å². The van der Waals surface area contributed by atoms with E-state index in [-0.39, 0.29) is 0 Å². The molecule has 0 unspecified atom stereocenters. The second kappa shape index (κ2) is 7.17. The molecule has 0 atom stereocenters. The van der Waals surface area contributed by atoms with Crippen molar-refractivity contribution in [1.82, 2.24) is 4.90 Å². The van der Waals surface area contributed by atoms with Crippen molar-refractivity contribution < 1.29 is 4.74 Å². The Kier molecular flexibility index (Phi) is 5.84. The number of hydrogen-bond donors (Lipinski definition) is 1. The third-order valence-electron chi connectivity index (χ3n) is 2.71. The summed E-state index contributed by atoms with van der Waals surface area (Å²) >= 11 is 0. The Morgan fingerprint density at radius 1 is 1.12 bits per heavy atom. The lowest BCUT2D eigenvalue weighted by Crippen LogP contribution is -2.24. The third kappa shape index (κ3) is 4.65. The van der Waals surface area contributed by atoms with E-state index in [0.29, 0.717) is 0 Å². The molecule has 3 nitrogen and oxygen atoms in total. The molecule has 0 spiro atoms. The van der Waals surface area contributed by atoms with Crippen LogP contribution in [0.3, 0.4) is 0 Å². The average molecular weight is 236 g/mol. The van der Waals surface area contributed by atoms with E-state index in [1.54, 1.807) is 7.11 Å². The van der Waals surface area contributed by atoms with E-state index in [2.05, 4.69) is 24.8 Å². The molecular formula is C14H24N2O. The number of benzene rings is 1. The van der Waals surface area contributed by atoms with Crippen molar-refractivity contribution in [3.05, 3.63) is 23.8 Å². The van der Waals surface area contributed by atoms with Gasteiger partial charge in [0.05, 0.1) is 7.11 Å². The molecule has 1 aromatic rings. The van der Waals surface area contributed by atoms with Crippen molar-refractivity contribution in [3.8, 4) is 5.75 Å². The van der Waals surface area contributed by atoms with Crippen molar-refractivity contribution in [2.24, 2.45) is 0 Å². The van der Waals surface area contributed by atoms with E-state index in [1.165, 1.54) is 18.4 Å². The zero-order valence-corrected chi connectivity index (χ0v) is 11.2. The highest BCUT2D eigenvalue weighted by molar-refractivity contribution is 5.47. The molecule has 1 aromatic carbocycles. The lowest BCUT2D eigenvalue weighted by atomic mass is 10.1. The summed E-state index contributed by atoms with van der Waals surface area (Å²) in [7, 11) is 1.68. The molecule has 96 valence electrons. The van der Waals surface area contributed by atoms with Gasteiger partial charge in [-0.2, -0.15) is 0 Å². The van der Waals surface area contributed by atoms with Crippen molar-refractivity contribution in [3.63, 3.8) is 0 Å². The Balaban J connectivity index is 2.73. The molecule has 0 aliphatic carbocycles. The van der Waals surface area contributed by atoms with Gasteiger partial charge in [0.1, 0.15) is 5.75 Å². The van der Waals surface area contributed by atoms with Crippen LogP contribution in [0.15, 0.2) is 18.2 Å². The summed E-state index contributed by atoms with van der Waals surface area (Å²) in [5, 5.41) is 0. The number of anilines is 1. The molecule has 0 saturated heterocycles. The minimum absolute atomic E-state index is 0.771. The summed E-state index contributed by atoms with van der Waals surface area (Å²) in [5.74, 6) is 0.841. The lowest BCUT2D eigenvalue weighted by Gasteiger charge is -2.21. The largest absolute Gasteiger partial charge is 0.497 e. The standard InChI is InChI=1S/C14H24N2O/c1-4-6-16(7-5-2)11-12-8-13(15)10-14(9-12)17-3/h8-10H,4-7,11,15H2,1-3H3. The number of nitrogens with zero attached hydrogens (tertiary/aromatic N) is 1. The average Bonchev–Trinajstić information content (AvgIpc) is 2.29. The number of hydrogen-bond acceptors (Lipinski definition) is 3. The molecule has 0 radical (unpaired) electrons. The summed E-state index contributed by atoms with van der Waals surface area (Å²) in [6, 6.07) is 5.95. The van der Waals surface area contributed by atoms with Crippen LogP contribution in [0.5, 0.6) is 5.75 Å². The van der Waals surface area contributed by atoms with Crippen molar-refractivity contribution >= 4 is 5.69 Å². The van der Waals surface area contributed by atoms with Gasteiger partial charge >= 0.3 is 0 Å². The number of nitrogen functional groups attached to an aromatic ring is 1. The lowest BCUT2D eigenvalue weighted by molar-refractivity contribution is 0.266. The fourth-order valence-electron chi connectivity index (χ4n) is 2.06. The second-order valence-corrected chi connectivity index (χ2v) is 4.39. The van der Waals surface area contributed by atoms with Crippen LogP contribution in [0, 0.1) is 0 Å². The van der Waals surface area contributed by atoms with Crippen LogP contribution in [0.25, 0.3) is 0 Å². The van der Waals surface area contributed by atoms with E-state index in [9.17, 15) is 0 Å². The zero-order valence-electron chi connectivity index (χ0n) is 11.2. The number of ether oxygens (including phenoxy) is 1. The molecule has 1 rings (SSSR count). The van der Waals surface area contributed by atoms with Crippen LogP contribution >= 0.6 is 0 Å². The minimum Gasteiger partial charge on any atom is -0.497 e. The first-order valence-electron chi connectivity index (χ1n) is 6.35. The van der Waals surface area contributed by atoms with Crippen LogP contribution in [0.2, 0.25) is 0 Å². The monoisotopic (exact) mass is 236 g/mol. The van der Waals surface area contributed by atoms with E-state index < -0.39 is 0 Å². The smallest absolute Gasteiger partial charge is 0.121 e. The normalized spacial score (nSPS) is 10.8. The molecule has 0 saturated carbocycles. The third-order valence-corrected chi connectivity index (χ3v) is 2.71. The highest BCUT2D eigenvalue weighted by atomic mass is 16.5. The minimum atomic E-state index is 0.771. The van der Waals surface area contributed by atoms with E-state index in [4.69, 9.17) is 10.5 Å². The van der Waals surface area contributed by atoms with Gasteiger partial charge in [-0.25, -0.2) is 0 Å². The van der Waals surface area contributed by atoms with Crippen molar-refractivity contribution in [1.29, 1.82) is 0 Å². The molecule has 17 heavy (non-hydrogen) atoms. The van der Waals surface area contributed by atoms with Gasteiger partial charge in [0.15, 0.2) is 0 Å². The van der Waals surface area contributed by atoms with Crippen LogP contribution in [-0.2, 0) is 6.54 Å². The van der Waals surface area contributed by atoms with Gasteiger partial charge in [-0.15, -0.1) is 0 Å². The number of rotatable bonds is 7. The fraction of sp³-hybridized carbons (Fsp3) is 0.571. The van der Waals surface area contributed by atoms with E-state index >= 15 is 0 Å². The van der Waals surface area contributed by atoms with Crippen LogP contribution in [0.4, 0.5) is 5.69 Å². The van der Waals surface area contributed by atoms with Crippen molar-refractivity contribution in [2.45, 2.75) is 33.2 Å². The van der Waals surface area contributed by atoms with Gasteiger partial charge in [0.2, 0.25) is 0 Å².